The van der Waals surface area contributed by atoms with Crippen LogP contribution in [-0.4, -0.2) is 18.7 Å². The lowest BCUT2D eigenvalue weighted by Crippen LogP contribution is -2.28. The van der Waals surface area contributed by atoms with E-state index < -0.39 is 17.5 Å². The van der Waals surface area contributed by atoms with E-state index in [1.807, 2.05) is 19.1 Å². The molecule has 0 aliphatic heterocycles. The molecule has 0 fully saturated rings. The fourth-order valence-corrected chi connectivity index (χ4v) is 3.23. The maximum absolute atomic E-state index is 13.2. The van der Waals surface area contributed by atoms with Gasteiger partial charge in [0, 0.05) is 10.6 Å². The van der Waals surface area contributed by atoms with E-state index in [0.717, 1.165) is 5.56 Å². The van der Waals surface area contributed by atoms with Gasteiger partial charge in [-0.15, -0.1) is 0 Å². The van der Waals surface area contributed by atoms with Crippen molar-refractivity contribution < 1.29 is 18.7 Å². The van der Waals surface area contributed by atoms with E-state index in [1.165, 1.54) is 19.1 Å². The summed E-state index contributed by atoms with van der Waals surface area (Å²) in [6, 6.07) is 10.3. The third kappa shape index (κ3) is 4.01. The first-order chi connectivity index (χ1) is 13.3. The Bertz CT molecular complexity index is 1090. The van der Waals surface area contributed by atoms with Crippen LogP contribution in [0, 0.1) is 6.92 Å². The Hall–Kier alpha value is -2.50. The lowest BCUT2D eigenvalue weighted by Gasteiger charge is -2.16. The van der Waals surface area contributed by atoms with Crippen molar-refractivity contribution in [2.75, 3.05) is 6.61 Å². The van der Waals surface area contributed by atoms with Crippen molar-refractivity contribution in [2.24, 2.45) is 0 Å². The van der Waals surface area contributed by atoms with Crippen molar-refractivity contribution in [1.82, 2.24) is 0 Å². The molecular weight excluding hydrogens is 403 g/mol. The molecule has 28 heavy (non-hydrogen) atoms. The van der Waals surface area contributed by atoms with Crippen LogP contribution in [0.2, 0.25) is 10.0 Å². The SMILES string of the molecule is CCOC(=O)C(C)Oc1c(-c2ccc(C)cc2)oc2c(Cl)cc(Cl)cc2c1=O. The lowest BCUT2D eigenvalue weighted by atomic mass is 10.1. The molecule has 0 radical (unpaired) electrons. The number of aryl methyl sites for hydroxylation is 1. The summed E-state index contributed by atoms with van der Waals surface area (Å²) in [7, 11) is 0. The summed E-state index contributed by atoms with van der Waals surface area (Å²) >= 11 is 12.3. The van der Waals surface area contributed by atoms with Crippen molar-refractivity contribution >= 4 is 40.1 Å². The third-order valence-corrected chi connectivity index (χ3v) is 4.60. The Balaban J connectivity index is 2.24. The minimum Gasteiger partial charge on any atom is -0.471 e. The summed E-state index contributed by atoms with van der Waals surface area (Å²) in [5, 5.41) is 0.662. The number of carbonyl (C=O) groups excluding carboxylic acids is 1. The lowest BCUT2D eigenvalue weighted by molar-refractivity contribution is -0.150. The summed E-state index contributed by atoms with van der Waals surface area (Å²) in [5.74, 6) is -0.505. The topological polar surface area (TPSA) is 65.7 Å². The van der Waals surface area contributed by atoms with Crippen LogP contribution in [0.3, 0.4) is 0 Å². The van der Waals surface area contributed by atoms with Gasteiger partial charge in [-0.1, -0.05) is 53.0 Å². The molecule has 1 atom stereocenters. The van der Waals surface area contributed by atoms with Gasteiger partial charge in [0.05, 0.1) is 17.0 Å². The van der Waals surface area contributed by atoms with Crippen molar-refractivity contribution in [3.8, 4) is 17.1 Å². The Morgan fingerprint density at radius 2 is 1.86 bits per heavy atom. The molecule has 146 valence electrons. The van der Waals surface area contributed by atoms with Crippen LogP contribution in [-0.2, 0) is 9.53 Å². The molecule has 1 aromatic heterocycles. The summed E-state index contributed by atoms with van der Waals surface area (Å²) in [6.07, 6.45) is -1.00. The van der Waals surface area contributed by atoms with E-state index in [0.29, 0.717) is 5.56 Å². The van der Waals surface area contributed by atoms with Gasteiger partial charge < -0.3 is 13.9 Å². The molecule has 7 heteroatoms. The monoisotopic (exact) mass is 420 g/mol. The maximum atomic E-state index is 13.2. The van der Waals surface area contributed by atoms with E-state index in [2.05, 4.69) is 0 Å². The van der Waals surface area contributed by atoms with Crippen LogP contribution < -0.4 is 10.2 Å². The quantitative estimate of drug-likeness (QED) is 0.516. The largest absolute Gasteiger partial charge is 0.471 e. The van der Waals surface area contributed by atoms with Gasteiger partial charge in [-0.05, 0) is 32.9 Å². The van der Waals surface area contributed by atoms with Gasteiger partial charge in [0.2, 0.25) is 11.2 Å². The van der Waals surface area contributed by atoms with Crippen molar-refractivity contribution in [1.29, 1.82) is 0 Å². The van der Waals surface area contributed by atoms with E-state index in [9.17, 15) is 9.59 Å². The van der Waals surface area contributed by atoms with Crippen molar-refractivity contribution in [2.45, 2.75) is 26.9 Å². The van der Waals surface area contributed by atoms with Crippen LogP contribution in [0.4, 0.5) is 0 Å². The highest BCUT2D eigenvalue weighted by atomic mass is 35.5. The number of halogens is 2. The second-order valence-corrected chi connectivity index (χ2v) is 7.08. The van der Waals surface area contributed by atoms with Crippen molar-refractivity contribution in [3.05, 3.63) is 62.2 Å². The Morgan fingerprint density at radius 1 is 1.18 bits per heavy atom. The number of ether oxygens (including phenoxy) is 2. The predicted molar refractivity (Wildman–Crippen MR) is 109 cm³/mol. The molecular formula is C21H18Cl2O5. The number of hydrogen-bond donors (Lipinski definition) is 0. The van der Waals surface area contributed by atoms with E-state index in [4.69, 9.17) is 37.1 Å². The fourth-order valence-electron chi connectivity index (χ4n) is 2.69. The van der Waals surface area contributed by atoms with Crippen LogP contribution in [0.1, 0.15) is 19.4 Å². The molecule has 0 aliphatic carbocycles. The molecule has 0 aliphatic rings. The average molecular weight is 421 g/mol. The second-order valence-electron chi connectivity index (χ2n) is 6.23. The van der Waals surface area contributed by atoms with Gasteiger partial charge in [0.15, 0.2) is 17.4 Å². The number of fused-ring (bicyclic) bond motifs is 1. The Morgan fingerprint density at radius 3 is 2.50 bits per heavy atom. The zero-order chi connectivity index (χ0) is 20.4. The molecule has 3 rings (SSSR count). The first kappa shape index (κ1) is 20.2. The number of benzene rings is 2. The molecule has 0 spiro atoms. The normalized spacial score (nSPS) is 12.0. The Kier molecular flexibility index (Phi) is 5.96. The predicted octanol–water partition coefficient (Wildman–Crippen LogP) is 5.41. The molecule has 0 saturated carbocycles. The zero-order valence-electron chi connectivity index (χ0n) is 15.5. The number of rotatable bonds is 5. The van der Waals surface area contributed by atoms with Gasteiger partial charge in [0.1, 0.15) is 0 Å². The van der Waals surface area contributed by atoms with Crippen molar-refractivity contribution in [3.63, 3.8) is 0 Å². The van der Waals surface area contributed by atoms with Gasteiger partial charge in [-0.25, -0.2) is 4.79 Å². The molecule has 5 nitrogen and oxygen atoms in total. The average Bonchev–Trinajstić information content (AvgIpc) is 2.65. The molecule has 0 amide bonds. The first-order valence-electron chi connectivity index (χ1n) is 8.68. The number of esters is 1. The highest BCUT2D eigenvalue weighted by Crippen LogP contribution is 2.35. The molecule has 3 aromatic rings. The minimum absolute atomic E-state index is 0.102. The minimum atomic E-state index is -1.00. The van der Waals surface area contributed by atoms with Crippen LogP contribution in [0.25, 0.3) is 22.3 Å². The highest BCUT2D eigenvalue weighted by molar-refractivity contribution is 6.38. The molecule has 0 N–H and O–H groups in total. The second kappa shape index (κ2) is 8.25. The molecule has 1 unspecified atom stereocenters. The summed E-state index contributed by atoms with van der Waals surface area (Å²) < 4.78 is 16.6. The highest BCUT2D eigenvalue weighted by Gasteiger charge is 2.24. The van der Waals surface area contributed by atoms with Gasteiger partial charge >= 0.3 is 5.97 Å². The molecule has 2 aromatic carbocycles. The standard InChI is InChI=1S/C21H18Cl2O5/c1-4-26-21(25)12(3)27-20-17(24)15-9-14(22)10-16(23)19(15)28-18(20)13-7-5-11(2)6-8-13/h5-10,12H,4H2,1-3H3. The third-order valence-electron chi connectivity index (χ3n) is 4.10. The van der Waals surface area contributed by atoms with E-state index in [-0.39, 0.29) is 39.1 Å². The smallest absolute Gasteiger partial charge is 0.347 e. The fraction of sp³-hybridized carbons (Fsp3) is 0.238. The summed E-state index contributed by atoms with van der Waals surface area (Å²) in [6.45, 7) is 5.34. The number of hydrogen-bond acceptors (Lipinski definition) is 5. The van der Waals surface area contributed by atoms with Gasteiger partial charge in [-0.2, -0.15) is 0 Å². The first-order valence-corrected chi connectivity index (χ1v) is 9.43. The van der Waals surface area contributed by atoms with Crippen LogP contribution in [0.5, 0.6) is 5.75 Å². The van der Waals surface area contributed by atoms with Gasteiger partial charge in [-0.3, -0.25) is 4.79 Å². The molecule has 0 bridgehead atoms. The zero-order valence-corrected chi connectivity index (χ0v) is 17.1. The van der Waals surface area contributed by atoms with Crippen LogP contribution >= 0.6 is 23.2 Å². The molecule has 1 heterocycles. The van der Waals surface area contributed by atoms with E-state index in [1.54, 1.807) is 19.1 Å². The Labute approximate surface area is 171 Å². The van der Waals surface area contributed by atoms with Gasteiger partial charge in [0.25, 0.3) is 0 Å². The maximum Gasteiger partial charge on any atom is 0.347 e. The number of carbonyl (C=O) groups is 1. The van der Waals surface area contributed by atoms with E-state index >= 15 is 0 Å². The summed E-state index contributed by atoms with van der Waals surface area (Å²) in [4.78, 5) is 25.2. The summed E-state index contributed by atoms with van der Waals surface area (Å²) in [5.41, 5.74) is 1.38. The van der Waals surface area contributed by atoms with Crippen LogP contribution in [0.15, 0.2) is 45.6 Å². The molecule has 0 saturated heterocycles.